The fraction of sp³-hybridized carbons (Fsp3) is 0.407. The van der Waals surface area contributed by atoms with Gasteiger partial charge < -0.3 is 9.47 Å². The minimum atomic E-state index is -0.968. The molecule has 1 aromatic carbocycles. The lowest BCUT2D eigenvalue weighted by atomic mass is 10.1. The van der Waals surface area contributed by atoms with Crippen LogP contribution in [0.1, 0.15) is 51.2 Å². The SMILES string of the molecule is CCCC(=O)OCOC(=O)n1c(-c2cnn(Cc3cccc(C)c3)c2)nc2c1c(=O)n(CCC)c(=O)n2CC. The van der Waals surface area contributed by atoms with Crippen LogP contribution in [0.25, 0.3) is 22.6 Å². The molecule has 12 nitrogen and oxygen atoms in total. The second-order valence-electron chi connectivity index (χ2n) is 9.14. The van der Waals surface area contributed by atoms with E-state index in [9.17, 15) is 19.2 Å². The predicted molar refractivity (Wildman–Crippen MR) is 143 cm³/mol. The van der Waals surface area contributed by atoms with Crippen molar-refractivity contribution in [3.05, 3.63) is 68.6 Å². The number of carbonyl (C=O) groups is 2. The predicted octanol–water partition coefficient (Wildman–Crippen LogP) is 3.30. The molecule has 39 heavy (non-hydrogen) atoms. The van der Waals surface area contributed by atoms with Crippen LogP contribution in [-0.4, -0.2) is 47.3 Å². The Labute approximate surface area is 224 Å². The van der Waals surface area contributed by atoms with Crippen molar-refractivity contribution in [3.63, 3.8) is 0 Å². The van der Waals surface area contributed by atoms with Gasteiger partial charge in [0.05, 0.1) is 18.3 Å². The van der Waals surface area contributed by atoms with Gasteiger partial charge in [-0.3, -0.25) is 23.4 Å². The van der Waals surface area contributed by atoms with E-state index in [0.29, 0.717) is 24.9 Å². The molecule has 4 rings (SSSR count). The van der Waals surface area contributed by atoms with Gasteiger partial charge in [-0.2, -0.15) is 5.10 Å². The van der Waals surface area contributed by atoms with E-state index in [0.717, 1.165) is 20.3 Å². The minimum Gasteiger partial charge on any atom is -0.428 e. The molecule has 0 fully saturated rings. The Morgan fingerprint density at radius 1 is 1.03 bits per heavy atom. The topological polar surface area (TPSA) is 132 Å². The Balaban J connectivity index is 1.83. The number of ether oxygens (including phenoxy) is 2. The largest absolute Gasteiger partial charge is 0.428 e. The van der Waals surface area contributed by atoms with Crippen molar-refractivity contribution in [2.45, 2.75) is 66.6 Å². The van der Waals surface area contributed by atoms with Crippen LogP contribution in [0, 0.1) is 6.92 Å². The first-order valence-corrected chi connectivity index (χ1v) is 13.0. The summed E-state index contributed by atoms with van der Waals surface area (Å²) >= 11 is 0. The summed E-state index contributed by atoms with van der Waals surface area (Å²) in [7, 11) is 0. The molecule has 206 valence electrons. The van der Waals surface area contributed by atoms with Crippen LogP contribution in [0.3, 0.4) is 0 Å². The highest BCUT2D eigenvalue weighted by molar-refractivity contribution is 5.90. The molecule has 0 aliphatic rings. The maximum Gasteiger partial charge on any atom is 0.423 e. The Bertz CT molecular complexity index is 1630. The fourth-order valence-corrected chi connectivity index (χ4v) is 4.37. The number of imidazole rings is 1. The summed E-state index contributed by atoms with van der Waals surface area (Å²) in [6, 6.07) is 7.99. The minimum absolute atomic E-state index is 0.0567. The van der Waals surface area contributed by atoms with Crippen LogP contribution in [0.5, 0.6) is 0 Å². The molecular formula is C27H32N6O6. The fourth-order valence-electron chi connectivity index (χ4n) is 4.37. The number of esters is 1. The highest BCUT2D eigenvalue weighted by atomic mass is 16.7. The Morgan fingerprint density at radius 3 is 2.51 bits per heavy atom. The summed E-state index contributed by atoms with van der Waals surface area (Å²) in [6.45, 7) is 7.68. The standard InChI is InChI=1S/C27H32N6O6/c1-5-9-21(34)38-17-39-27(37)33-22-24(31(7-3)26(36)32(12-6-2)25(22)35)29-23(33)20-14-28-30(16-20)15-19-11-8-10-18(4)13-19/h8,10-11,13-14,16H,5-7,9,12,15,17H2,1-4H3. The lowest BCUT2D eigenvalue weighted by Crippen LogP contribution is -2.40. The number of hydrogen-bond donors (Lipinski definition) is 0. The third-order valence-corrected chi connectivity index (χ3v) is 6.15. The van der Waals surface area contributed by atoms with Crippen LogP contribution >= 0.6 is 0 Å². The van der Waals surface area contributed by atoms with Crippen LogP contribution < -0.4 is 11.2 Å². The van der Waals surface area contributed by atoms with E-state index in [1.165, 1.54) is 10.8 Å². The monoisotopic (exact) mass is 536 g/mol. The lowest BCUT2D eigenvalue weighted by Gasteiger charge is -2.11. The molecule has 0 unspecified atom stereocenters. The molecule has 0 atom stereocenters. The average Bonchev–Trinajstić information content (AvgIpc) is 3.52. The van der Waals surface area contributed by atoms with E-state index in [1.54, 1.807) is 17.8 Å². The van der Waals surface area contributed by atoms with E-state index in [1.807, 2.05) is 45.0 Å². The summed E-state index contributed by atoms with van der Waals surface area (Å²) in [5, 5.41) is 4.41. The lowest BCUT2D eigenvalue weighted by molar-refractivity contribution is -0.151. The summed E-state index contributed by atoms with van der Waals surface area (Å²) in [4.78, 5) is 56.2. The van der Waals surface area contributed by atoms with Gasteiger partial charge in [-0.05, 0) is 32.3 Å². The Kier molecular flexibility index (Phi) is 8.43. The van der Waals surface area contributed by atoms with E-state index in [4.69, 9.17) is 9.47 Å². The highest BCUT2D eigenvalue weighted by Crippen LogP contribution is 2.23. The van der Waals surface area contributed by atoms with Crippen molar-refractivity contribution in [1.29, 1.82) is 0 Å². The van der Waals surface area contributed by atoms with E-state index in [2.05, 4.69) is 10.1 Å². The van der Waals surface area contributed by atoms with Gasteiger partial charge in [-0.25, -0.2) is 19.1 Å². The molecule has 4 aromatic rings. The highest BCUT2D eigenvalue weighted by Gasteiger charge is 2.27. The normalized spacial score (nSPS) is 11.2. The van der Waals surface area contributed by atoms with E-state index < -0.39 is 30.1 Å². The maximum absolute atomic E-state index is 13.5. The molecular weight excluding hydrogens is 504 g/mol. The van der Waals surface area contributed by atoms with Gasteiger partial charge >= 0.3 is 17.8 Å². The molecule has 0 spiro atoms. The van der Waals surface area contributed by atoms with E-state index >= 15 is 0 Å². The number of rotatable bonds is 10. The summed E-state index contributed by atoms with van der Waals surface area (Å²) in [5.74, 6) is -0.429. The molecule has 3 heterocycles. The molecule has 12 heteroatoms. The van der Waals surface area contributed by atoms with Crippen molar-refractivity contribution in [1.82, 2.24) is 28.5 Å². The second kappa shape index (κ2) is 11.9. The first kappa shape index (κ1) is 27.6. The zero-order chi connectivity index (χ0) is 28.1. The van der Waals surface area contributed by atoms with Gasteiger partial charge in [0.2, 0.25) is 6.79 Å². The van der Waals surface area contributed by atoms with Gasteiger partial charge in [-0.1, -0.05) is 43.7 Å². The maximum atomic E-state index is 13.5. The average molecular weight is 537 g/mol. The van der Waals surface area contributed by atoms with Crippen molar-refractivity contribution in [3.8, 4) is 11.4 Å². The van der Waals surface area contributed by atoms with Gasteiger partial charge in [0, 0.05) is 25.7 Å². The summed E-state index contributed by atoms with van der Waals surface area (Å²) < 4.78 is 15.3. The number of nitrogens with zero attached hydrogens (tertiary/aromatic N) is 6. The zero-order valence-corrected chi connectivity index (χ0v) is 22.5. The van der Waals surface area contributed by atoms with Crippen molar-refractivity contribution in [2.24, 2.45) is 0 Å². The van der Waals surface area contributed by atoms with Crippen LogP contribution in [0.4, 0.5) is 4.79 Å². The smallest absolute Gasteiger partial charge is 0.423 e. The van der Waals surface area contributed by atoms with Gasteiger partial charge in [0.25, 0.3) is 5.56 Å². The molecule has 0 radical (unpaired) electrons. The van der Waals surface area contributed by atoms with Gasteiger partial charge in [0.15, 0.2) is 17.0 Å². The molecule has 3 aromatic heterocycles. The number of aromatic nitrogens is 6. The third kappa shape index (κ3) is 5.69. The van der Waals surface area contributed by atoms with Crippen LogP contribution in [-0.2, 0) is 33.9 Å². The van der Waals surface area contributed by atoms with Gasteiger partial charge in [-0.15, -0.1) is 0 Å². The van der Waals surface area contributed by atoms with Crippen molar-refractivity contribution in [2.75, 3.05) is 6.79 Å². The molecule has 0 amide bonds. The first-order chi connectivity index (χ1) is 18.8. The van der Waals surface area contributed by atoms with Crippen LogP contribution in [0.15, 0.2) is 46.2 Å². The molecule has 0 aliphatic carbocycles. The number of hydrogen-bond acceptors (Lipinski definition) is 8. The second-order valence-corrected chi connectivity index (χ2v) is 9.14. The quantitative estimate of drug-likeness (QED) is 0.223. The third-order valence-electron chi connectivity index (χ3n) is 6.15. The van der Waals surface area contributed by atoms with E-state index in [-0.39, 0.29) is 36.5 Å². The molecule has 0 saturated carbocycles. The summed E-state index contributed by atoms with van der Waals surface area (Å²) in [6.07, 6.45) is 3.57. The Hall–Kier alpha value is -4.48. The number of benzene rings is 1. The van der Waals surface area contributed by atoms with Crippen molar-refractivity contribution < 1.29 is 19.1 Å². The first-order valence-electron chi connectivity index (χ1n) is 13.0. The summed E-state index contributed by atoms with van der Waals surface area (Å²) in [5.41, 5.74) is 1.38. The van der Waals surface area contributed by atoms with Crippen LogP contribution in [0.2, 0.25) is 0 Å². The molecule has 0 aliphatic heterocycles. The zero-order valence-electron chi connectivity index (χ0n) is 22.5. The number of carbonyl (C=O) groups excluding carboxylic acids is 2. The molecule has 0 N–H and O–H groups in total. The van der Waals surface area contributed by atoms with Gasteiger partial charge in [0.1, 0.15) is 0 Å². The Morgan fingerprint density at radius 2 is 1.82 bits per heavy atom. The molecule has 0 saturated heterocycles. The number of aryl methyl sites for hydroxylation is 2. The molecule has 0 bridgehead atoms. The van der Waals surface area contributed by atoms with Crippen molar-refractivity contribution >= 4 is 23.2 Å². The number of fused-ring (bicyclic) bond motifs is 1.